The van der Waals surface area contributed by atoms with Gasteiger partial charge in [0.1, 0.15) is 5.75 Å². The molecule has 0 spiro atoms. The molecule has 1 N–H and O–H groups in total. The van der Waals surface area contributed by atoms with Crippen LogP contribution in [0.1, 0.15) is 25.7 Å². The molecular weight excluding hydrogens is 332 g/mol. The van der Waals surface area contributed by atoms with Crippen LogP contribution in [0, 0.1) is 0 Å². The standard InChI is InChI=1S/C16H23BrN2O2/c1-18-12-14-6-3-9-19(14)16(20)8-4-10-21-15-7-2-5-13(17)11-15/h2,5,7,11,14,18H,3-4,6,8-10,12H2,1H3. The van der Waals surface area contributed by atoms with Crippen LogP contribution in [0.4, 0.5) is 0 Å². The van der Waals surface area contributed by atoms with Crippen LogP contribution >= 0.6 is 15.9 Å². The van der Waals surface area contributed by atoms with Crippen molar-refractivity contribution in [1.82, 2.24) is 10.2 Å². The first-order valence-corrected chi connectivity index (χ1v) is 8.32. The average Bonchev–Trinajstić information content (AvgIpc) is 2.92. The summed E-state index contributed by atoms with van der Waals surface area (Å²) in [7, 11) is 1.94. The number of nitrogens with one attached hydrogen (secondary N) is 1. The highest BCUT2D eigenvalue weighted by Gasteiger charge is 2.27. The molecule has 1 unspecified atom stereocenters. The molecular formula is C16H23BrN2O2. The molecule has 1 aromatic carbocycles. The Morgan fingerprint density at radius 1 is 1.52 bits per heavy atom. The predicted molar refractivity (Wildman–Crippen MR) is 87.5 cm³/mol. The van der Waals surface area contributed by atoms with Gasteiger partial charge >= 0.3 is 0 Å². The molecule has 4 nitrogen and oxygen atoms in total. The van der Waals surface area contributed by atoms with Crippen LogP contribution in [-0.2, 0) is 4.79 Å². The molecule has 1 heterocycles. The van der Waals surface area contributed by atoms with Crippen LogP contribution in [0.3, 0.4) is 0 Å². The molecule has 1 aromatic rings. The molecule has 1 atom stereocenters. The van der Waals surface area contributed by atoms with E-state index in [2.05, 4.69) is 21.2 Å². The Kier molecular flexibility index (Phi) is 6.51. The van der Waals surface area contributed by atoms with E-state index in [-0.39, 0.29) is 5.91 Å². The first-order valence-electron chi connectivity index (χ1n) is 7.53. The molecule has 0 aliphatic carbocycles. The number of halogens is 1. The number of rotatable bonds is 7. The second-order valence-electron chi connectivity index (χ2n) is 5.35. The van der Waals surface area contributed by atoms with Gasteiger partial charge < -0.3 is 15.0 Å². The SMILES string of the molecule is CNCC1CCCN1C(=O)CCCOc1cccc(Br)c1. The van der Waals surface area contributed by atoms with E-state index >= 15 is 0 Å². The highest BCUT2D eigenvalue weighted by molar-refractivity contribution is 9.10. The Labute approximate surface area is 135 Å². The van der Waals surface area contributed by atoms with Gasteiger partial charge in [-0.1, -0.05) is 22.0 Å². The summed E-state index contributed by atoms with van der Waals surface area (Å²) in [5.41, 5.74) is 0. The minimum atomic E-state index is 0.255. The van der Waals surface area contributed by atoms with Crippen molar-refractivity contribution in [2.75, 3.05) is 26.7 Å². The van der Waals surface area contributed by atoms with Crippen LogP contribution in [0.15, 0.2) is 28.7 Å². The molecule has 2 rings (SSSR count). The van der Waals surface area contributed by atoms with Gasteiger partial charge in [-0.3, -0.25) is 4.79 Å². The van der Waals surface area contributed by atoms with Crippen molar-refractivity contribution in [3.05, 3.63) is 28.7 Å². The number of nitrogens with zero attached hydrogens (tertiary/aromatic N) is 1. The van der Waals surface area contributed by atoms with E-state index in [0.29, 0.717) is 19.1 Å². The molecule has 1 amide bonds. The van der Waals surface area contributed by atoms with E-state index < -0.39 is 0 Å². The third-order valence-electron chi connectivity index (χ3n) is 3.74. The van der Waals surface area contributed by atoms with Gasteiger partial charge in [-0.15, -0.1) is 0 Å². The van der Waals surface area contributed by atoms with E-state index in [0.717, 1.165) is 42.6 Å². The Morgan fingerprint density at radius 2 is 2.38 bits per heavy atom. The van der Waals surface area contributed by atoms with Crippen molar-refractivity contribution in [2.24, 2.45) is 0 Å². The van der Waals surface area contributed by atoms with Gasteiger partial charge in [0.2, 0.25) is 5.91 Å². The summed E-state index contributed by atoms with van der Waals surface area (Å²) in [6.07, 6.45) is 3.55. The van der Waals surface area contributed by atoms with Gasteiger partial charge in [0, 0.05) is 30.0 Å². The number of carbonyl (C=O) groups excluding carboxylic acids is 1. The number of hydrogen-bond donors (Lipinski definition) is 1. The summed E-state index contributed by atoms with van der Waals surface area (Å²) < 4.78 is 6.66. The van der Waals surface area contributed by atoms with Crippen LogP contribution in [0.25, 0.3) is 0 Å². The summed E-state index contributed by atoms with van der Waals surface area (Å²) in [5, 5.41) is 3.17. The first-order chi connectivity index (χ1) is 10.2. The zero-order chi connectivity index (χ0) is 15.1. The number of likely N-dealkylation sites (tertiary alicyclic amines) is 1. The lowest BCUT2D eigenvalue weighted by atomic mass is 10.2. The fourth-order valence-electron chi connectivity index (χ4n) is 2.73. The van der Waals surface area contributed by atoms with Crippen molar-refractivity contribution in [3.8, 4) is 5.75 Å². The van der Waals surface area contributed by atoms with Gasteiger partial charge in [0.25, 0.3) is 0 Å². The number of benzene rings is 1. The molecule has 5 heteroatoms. The quantitative estimate of drug-likeness (QED) is 0.765. The normalized spacial score (nSPS) is 18.0. The maximum Gasteiger partial charge on any atom is 0.222 e. The Balaban J connectivity index is 1.69. The molecule has 116 valence electrons. The van der Waals surface area contributed by atoms with E-state index in [1.165, 1.54) is 0 Å². The van der Waals surface area contributed by atoms with Gasteiger partial charge in [0.15, 0.2) is 0 Å². The van der Waals surface area contributed by atoms with Gasteiger partial charge in [-0.05, 0) is 44.5 Å². The molecule has 0 radical (unpaired) electrons. The number of hydrogen-bond acceptors (Lipinski definition) is 3. The lowest BCUT2D eigenvalue weighted by Crippen LogP contribution is -2.40. The Bertz CT molecular complexity index is 467. The highest BCUT2D eigenvalue weighted by atomic mass is 79.9. The van der Waals surface area contributed by atoms with Crippen LogP contribution in [0.5, 0.6) is 5.75 Å². The molecule has 0 bridgehead atoms. The zero-order valence-corrected chi connectivity index (χ0v) is 14.1. The fraction of sp³-hybridized carbons (Fsp3) is 0.562. The largest absolute Gasteiger partial charge is 0.494 e. The summed E-state index contributed by atoms with van der Waals surface area (Å²) in [6, 6.07) is 8.14. The fourth-order valence-corrected chi connectivity index (χ4v) is 3.10. The molecule has 1 fully saturated rings. The lowest BCUT2D eigenvalue weighted by Gasteiger charge is -2.24. The minimum absolute atomic E-state index is 0.255. The monoisotopic (exact) mass is 354 g/mol. The van der Waals surface area contributed by atoms with Crippen LogP contribution in [0.2, 0.25) is 0 Å². The highest BCUT2D eigenvalue weighted by Crippen LogP contribution is 2.19. The van der Waals surface area contributed by atoms with Gasteiger partial charge in [-0.2, -0.15) is 0 Å². The molecule has 21 heavy (non-hydrogen) atoms. The van der Waals surface area contributed by atoms with Crippen LogP contribution < -0.4 is 10.1 Å². The predicted octanol–water partition coefficient (Wildman–Crippen LogP) is 2.82. The second kappa shape index (κ2) is 8.39. The van der Waals surface area contributed by atoms with Crippen molar-refractivity contribution in [2.45, 2.75) is 31.7 Å². The number of amides is 1. The van der Waals surface area contributed by atoms with Crippen molar-refractivity contribution < 1.29 is 9.53 Å². The number of likely N-dealkylation sites (N-methyl/N-ethyl adjacent to an activating group) is 1. The van der Waals surface area contributed by atoms with Crippen molar-refractivity contribution in [1.29, 1.82) is 0 Å². The third kappa shape index (κ3) is 5.00. The molecule has 1 saturated heterocycles. The van der Waals surface area contributed by atoms with E-state index in [1.807, 2.05) is 36.2 Å². The Morgan fingerprint density at radius 3 is 3.14 bits per heavy atom. The molecule has 0 aromatic heterocycles. The summed E-state index contributed by atoms with van der Waals surface area (Å²) in [4.78, 5) is 14.3. The smallest absolute Gasteiger partial charge is 0.222 e. The minimum Gasteiger partial charge on any atom is -0.494 e. The number of ether oxygens (including phenoxy) is 1. The van der Waals surface area contributed by atoms with E-state index in [4.69, 9.17) is 4.74 Å². The molecule has 1 aliphatic heterocycles. The zero-order valence-electron chi connectivity index (χ0n) is 12.5. The van der Waals surface area contributed by atoms with Crippen molar-refractivity contribution >= 4 is 21.8 Å². The van der Waals surface area contributed by atoms with Crippen molar-refractivity contribution in [3.63, 3.8) is 0 Å². The van der Waals surface area contributed by atoms with Crippen LogP contribution in [-0.4, -0.2) is 43.6 Å². The molecule has 0 saturated carbocycles. The topological polar surface area (TPSA) is 41.6 Å². The van der Waals surface area contributed by atoms with Gasteiger partial charge in [-0.25, -0.2) is 0 Å². The summed E-state index contributed by atoms with van der Waals surface area (Å²) >= 11 is 3.41. The summed E-state index contributed by atoms with van der Waals surface area (Å²) in [5.74, 6) is 1.09. The lowest BCUT2D eigenvalue weighted by molar-refractivity contribution is -0.132. The number of carbonyl (C=O) groups is 1. The average molecular weight is 355 g/mol. The van der Waals surface area contributed by atoms with E-state index in [9.17, 15) is 4.79 Å². The second-order valence-corrected chi connectivity index (χ2v) is 6.27. The van der Waals surface area contributed by atoms with E-state index in [1.54, 1.807) is 0 Å². The third-order valence-corrected chi connectivity index (χ3v) is 4.23. The Hall–Kier alpha value is -1.07. The summed E-state index contributed by atoms with van der Waals surface area (Å²) in [6.45, 7) is 2.37. The van der Waals surface area contributed by atoms with Gasteiger partial charge in [0.05, 0.1) is 6.61 Å². The maximum absolute atomic E-state index is 12.2. The molecule has 1 aliphatic rings. The first kappa shape index (κ1) is 16.3. The maximum atomic E-state index is 12.2.